The Labute approximate surface area is 106 Å². The third-order valence-corrected chi connectivity index (χ3v) is 2.34. The predicted molar refractivity (Wildman–Crippen MR) is 67.6 cm³/mol. The van der Waals surface area contributed by atoms with Gasteiger partial charge in [0.05, 0.1) is 14.2 Å². The minimum absolute atomic E-state index is 0.159. The lowest BCUT2D eigenvalue weighted by atomic mass is 10.2. The van der Waals surface area contributed by atoms with Gasteiger partial charge in [0.25, 0.3) is 5.91 Å². The molecule has 0 radical (unpaired) electrons. The molecule has 5 nitrogen and oxygen atoms in total. The van der Waals surface area contributed by atoms with Crippen LogP contribution in [0.15, 0.2) is 36.9 Å². The largest absolute Gasteiger partial charge is 0.497 e. The van der Waals surface area contributed by atoms with E-state index in [-0.39, 0.29) is 12.5 Å². The fourth-order valence-electron chi connectivity index (χ4n) is 1.36. The summed E-state index contributed by atoms with van der Waals surface area (Å²) < 4.78 is 9.57. The van der Waals surface area contributed by atoms with Crippen LogP contribution in [-0.2, 0) is 14.3 Å². The van der Waals surface area contributed by atoms with E-state index in [0.717, 1.165) is 6.08 Å². The molecule has 96 valence electrons. The number of hydrogen-bond acceptors (Lipinski definition) is 4. The van der Waals surface area contributed by atoms with E-state index in [1.807, 2.05) is 0 Å². The first kappa shape index (κ1) is 13.8. The van der Waals surface area contributed by atoms with Crippen molar-refractivity contribution in [1.29, 1.82) is 0 Å². The maximum absolute atomic E-state index is 11.7. The van der Waals surface area contributed by atoms with Crippen molar-refractivity contribution in [2.75, 3.05) is 25.7 Å². The molecule has 0 fully saturated rings. The number of carbonyl (C=O) groups is 2. The Morgan fingerprint density at radius 3 is 2.33 bits per heavy atom. The van der Waals surface area contributed by atoms with Crippen molar-refractivity contribution in [3.63, 3.8) is 0 Å². The number of nitrogens with zero attached hydrogens (tertiary/aromatic N) is 1. The summed E-state index contributed by atoms with van der Waals surface area (Å²) in [4.78, 5) is 24.2. The number of anilines is 1. The maximum atomic E-state index is 11.7. The van der Waals surface area contributed by atoms with Gasteiger partial charge in [0.2, 0.25) is 0 Å². The van der Waals surface area contributed by atoms with E-state index in [0.29, 0.717) is 11.4 Å². The third-order valence-electron chi connectivity index (χ3n) is 2.34. The number of amides is 1. The quantitative estimate of drug-likeness (QED) is 0.584. The van der Waals surface area contributed by atoms with E-state index in [1.54, 1.807) is 31.4 Å². The highest BCUT2D eigenvalue weighted by molar-refractivity contribution is 6.03. The molecule has 0 N–H and O–H groups in total. The van der Waals surface area contributed by atoms with E-state index in [2.05, 4.69) is 11.3 Å². The number of ether oxygens (including phenoxy) is 2. The first-order chi connectivity index (χ1) is 8.62. The standard InChI is InChI=1S/C13H15NO4/c1-4-12(15)14(9-13(16)18-3)10-5-7-11(17-2)8-6-10/h4-8H,1,9H2,2-3H3. The summed E-state index contributed by atoms with van der Waals surface area (Å²) in [6, 6.07) is 6.78. The SMILES string of the molecule is C=CC(=O)N(CC(=O)OC)c1ccc(OC)cc1. The molecule has 0 aromatic heterocycles. The lowest BCUT2D eigenvalue weighted by Crippen LogP contribution is -2.34. The van der Waals surface area contributed by atoms with Crippen molar-refractivity contribution in [3.05, 3.63) is 36.9 Å². The Morgan fingerprint density at radius 2 is 1.89 bits per heavy atom. The van der Waals surface area contributed by atoms with Gasteiger partial charge in [-0.3, -0.25) is 14.5 Å². The highest BCUT2D eigenvalue weighted by Gasteiger charge is 2.17. The van der Waals surface area contributed by atoms with Crippen molar-refractivity contribution >= 4 is 17.6 Å². The fourth-order valence-corrected chi connectivity index (χ4v) is 1.36. The Kier molecular flexibility index (Phi) is 4.92. The van der Waals surface area contributed by atoms with E-state index in [4.69, 9.17) is 4.74 Å². The summed E-state index contributed by atoms with van der Waals surface area (Å²) in [5.74, 6) is -0.200. The molecule has 18 heavy (non-hydrogen) atoms. The summed E-state index contributed by atoms with van der Waals surface area (Å²) in [6.07, 6.45) is 1.15. The second-order valence-corrected chi connectivity index (χ2v) is 3.40. The fraction of sp³-hybridized carbons (Fsp3) is 0.231. The molecule has 0 aliphatic carbocycles. The Bertz CT molecular complexity index is 439. The first-order valence-corrected chi connectivity index (χ1v) is 5.27. The maximum Gasteiger partial charge on any atom is 0.325 e. The molecule has 1 rings (SSSR count). The zero-order valence-corrected chi connectivity index (χ0v) is 10.4. The summed E-state index contributed by atoms with van der Waals surface area (Å²) in [7, 11) is 2.82. The molecule has 1 amide bonds. The van der Waals surface area contributed by atoms with Crippen LogP contribution in [0.25, 0.3) is 0 Å². The molecular formula is C13H15NO4. The lowest BCUT2D eigenvalue weighted by molar-refractivity contribution is -0.139. The van der Waals surface area contributed by atoms with Crippen molar-refractivity contribution < 1.29 is 19.1 Å². The summed E-state index contributed by atoms with van der Waals surface area (Å²) >= 11 is 0. The molecule has 0 saturated carbocycles. The van der Waals surface area contributed by atoms with Crippen LogP contribution in [0.1, 0.15) is 0 Å². The molecule has 1 aromatic carbocycles. The topological polar surface area (TPSA) is 55.8 Å². The molecular weight excluding hydrogens is 234 g/mol. The molecule has 0 aliphatic rings. The number of hydrogen-bond donors (Lipinski definition) is 0. The Balaban J connectivity index is 2.97. The molecule has 0 atom stereocenters. The van der Waals surface area contributed by atoms with Gasteiger partial charge in [-0.2, -0.15) is 0 Å². The van der Waals surface area contributed by atoms with E-state index in [1.165, 1.54) is 12.0 Å². The Morgan fingerprint density at radius 1 is 1.28 bits per heavy atom. The third kappa shape index (κ3) is 3.35. The normalized spacial score (nSPS) is 9.44. The van der Waals surface area contributed by atoms with Crippen LogP contribution < -0.4 is 9.64 Å². The van der Waals surface area contributed by atoms with Crippen molar-refractivity contribution in [2.24, 2.45) is 0 Å². The number of methoxy groups -OCH3 is 2. The van der Waals surface area contributed by atoms with Gasteiger partial charge in [0, 0.05) is 5.69 Å². The molecule has 0 saturated heterocycles. The predicted octanol–water partition coefficient (Wildman–Crippen LogP) is 1.39. The monoisotopic (exact) mass is 249 g/mol. The van der Waals surface area contributed by atoms with Crippen LogP contribution >= 0.6 is 0 Å². The average molecular weight is 249 g/mol. The summed E-state index contributed by atoms with van der Waals surface area (Å²) in [5.41, 5.74) is 0.575. The molecule has 1 aromatic rings. The highest BCUT2D eigenvalue weighted by atomic mass is 16.5. The summed E-state index contributed by atoms with van der Waals surface area (Å²) in [6.45, 7) is 3.25. The van der Waals surface area contributed by atoms with E-state index >= 15 is 0 Å². The zero-order chi connectivity index (χ0) is 13.5. The van der Waals surface area contributed by atoms with Gasteiger partial charge in [0.15, 0.2) is 0 Å². The molecule has 5 heteroatoms. The number of benzene rings is 1. The number of esters is 1. The van der Waals surface area contributed by atoms with Crippen LogP contribution in [0.5, 0.6) is 5.75 Å². The van der Waals surface area contributed by atoms with Crippen molar-refractivity contribution in [3.8, 4) is 5.75 Å². The van der Waals surface area contributed by atoms with Gasteiger partial charge in [-0.1, -0.05) is 6.58 Å². The van der Waals surface area contributed by atoms with E-state index in [9.17, 15) is 9.59 Å². The highest BCUT2D eigenvalue weighted by Crippen LogP contribution is 2.19. The zero-order valence-electron chi connectivity index (χ0n) is 10.4. The van der Waals surface area contributed by atoms with Gasteiger partial charge in [-0.25, -0.2) is 0 Å². The van der Waals surface area contributed by atoms with Gasteiger partial charge in [-0.05, 0) is 30.3 Å². The van der Waals surface area contributed by atoms with Crippen molar-refractivity contribution in [2.45, 2.75) is 0 Å². The van der Waals surface area contributed by atoms with Crippen LogP contribution in [0.3, 0.4) is 0 Å². The van der Waals surface area contributed by atoms with Gasteiger partial charge >= 0.3 is 5.97 Å². The minimum Gasteiger partial charge on any atom is -0.497 e. The number of carbonyl (C=O) groups excluding carboxylic acids is 2. The average Bonchev–Trinajstić information content (AvgIpc) is 2.43. The first-order valence-electron chi connectivity index (χ1n) is 5.27. The second kappa shape index (κ2) is 6.44. The van der Waals surface area contributed by atoms with E-state index < -0.39 is 5.97 Å². The second-order valence-electron chi connectivity index (χ2n) is 3.40. The van der Waals surface area contributed by atoms with Gasteiger partial charge in [-0.15, -0.1) is 0 Å². The van der Waals surface area contributed by atoms with Crippen LogP contribution in [-0.4, -0.2) is 32.6 Å². The molecule has 0 unspecified atom stereocenters. The molecule has 0 heterocycles. The molecule has 0 spiro atoms. The van der Waals surface area contributed by atoms with Crippen LogP contribution in [0, 0.1) is 0 Å². The lowest BCUT2D eigenvalue weighted by Gasteiger charge is -2.20. The van der Waals surface area contributed by atoms with Crippen LogP contribution in [0.4, 0.5) is 5.69 Å². The smallest absolute Gasteiger partial charge is 0.325 e. The molecule has 0 bridgehead atoms. The summed E-state index contributed by atoms with van der Waals surface area (Å²) in [5, 5.41) is 0. The van der Waals surface area contributed by atoms with Gasteiger partial charge in [0.1, 0.15) is 12.3 Å². The van der Waals surface area contributed by atoms with Crippen LogP contribution in [0.2, 0.25) is 0 Å². The van der Waals surface area contributed by atoms with Gasteiger partial charge < -0.3 is 9.47 Å². The minimum atomic E-state index is -0.499. The van der Waals surface area contributed by atoms with Crippen molar-refractivity contribution in [1.82, 2.24) is 0 Å². The molecule has 0 aliphatic heterocycles. The Hall–Kier alpha value is -2.30. The number of rotatable bonds is 5.